The number of hydrogen-bond donors (Lipinski definition) is 1. The summed E-state index contributed by atoms with van der Waals surface area (Å²) < 4.78 is 1.49. The fraction of sp³-hybridized carbons (Fsp3) is 0.583. The number of amides is 1. The molecular weight excluding hydrogens is 264 g/mol. The fourth-order valence-electron chi connectivity index (χ4n) is 2.11. The van der Waals surface area contributed by atoms with Crippen LogP contribution in [0.15, 0.2) is 22.6 Å². The van der Waals surface area contributed by atoms with E-state index in [1.54, 1.807) is 6.08 Å². The maximum Gasteiger partial charge on any atom is 0.344 e. The number of hydrogen-bond acceptors (Lipinski definition) is 4. The number of nitrogens with one attached hydrogen (secondary N) is 1. The van der Waals surface area contributed by atoms with Crippen LogP contribution in [-0.2, 0) is 11.3 Å². The van der Waals surface area contributed by atoms with Gasteiger partial charge in [-0.3, -0.25) is 9.36 Å². The smallest absolute Gasteiger partial charge is 0.339 e. The second kappa shape index (κ2) is 5.64. The van der Waals surface area contributed by atoms with Gasteiger partial charge < -0.3 is 4.90 Å². The van der Waals surface area contributed by atoms with Gasteiger partial charge >= 0.3 is 5.69 Å². The molecule has 1 aromatic rings. The fourth-order valence-corrected chi connectivity index (χ4v) is 3.20. The van der Waals surface area contributed by atoms with Crippen LogP contribution < -0.4 is 5.69 Å². The van der Waals surface area contributed by atoms with Crippen molar-refractivity contribution >= 4 is 17.7 Å². The van der Waals surface area contributed by atoms with Crippen LogP contribution in [0.3, 0.4) is 0 Å². The lowest BCUT2D eigenvalue weighted by atomic mass is 10.3. The van der Waals surface area contributed by atoms with E-state index in [4.69, 9.17) is 0 Å². The summed E-state index contributed by atoms with van der Waals surface area (Å²) in [6, 6.07) is 0.215. The van der Waals surface area contributed by atoms with Crippen molar-refractivity contribution < 1.29 is 4.79 Å². The topological polar surface area (TPSA) is 71.0 Å². The molecule has 2 rings (SSSR count). The molecule has 2 heterocycles. The van der Waals surface area contributed by atoms with Crippen LogP contribution >= 0.6 is 11.8 Å². The number of carbonyl (C=O) groups excluding carboxylic acids is 1. The predicted octanol–water partition coefficient (Wildman–Crippen LogP) is 0.859. The molecule has 1 N–H and O–H groups in total. The Bertz CT molecular complexity index is 534. The van der Waals surface area contributed by atoms with Gasteiger partial charge in [-0.2, -0.15) is 0 Å². The van der Waals surface area contributed by atoms with Gasteiger partial charge in [-0.05, 0) is 20.3 Å². The van der Waals surface area contributed by atoms with E-state index in [1.165, 1.54) is 16.3 Å². The molecule has 19 heavy (non-hydrogen) atoms. The van der Waals surface area contributed by atoms with E-state index in [9.17, 15) is 9.59 Å². The number of allylic oxidation sites excluding steroid dienone is 1. The molecule has 0 aromatic carbocycles. The average Bonchev–Trinajstić information content (AvgIpc) is 2.88. The molecule has 1 fully saturated rings. The Morgan fingerprint density at radius 1 is 1.58 bits per heavy atom. The maximum absolute atomic E-state index is 12.2. The lowest BCUT2D eigenvalue weighted by Gasteiger charge is -2.20. The minimum Gasteiger partial charge on any atom is -0.339 e. The van der Waals surface area contributed by atoms with E-state index in [1.807, 2.05) is 18.7 Å². The highest BCUT2D eigenvalue weighted by atomic mass is 32.2. The molecule has 7 heteroatoms. The normalized spacial score (nSPS) is 19.4. The minimum atomic E-state index is -0.270. The Hall–Kier alpha value is -1.50. The summed E-state index contributed by atoms with van der Waals surface area (Å²) in [6.07, 6.45) is 2.43. The monoisotopic (exact) mass is 282 g/mol. The third-order valence-corrected chi connectivity index (χ3v) is 4.34. The van der Waals surface area contributed by atoms with Crippen LogP contribution in [0.4, 0.5) is 0 Å². The molecule has 6 nitrogen and oxygen atoms in total. The molecule has 0 saturated carbocycles. The second-order valence-electron chi connectivity index (χ2n) is 4.73. The summed E-state index contributed by atoms with van der Waals surface area (Å²) in [4.78, 5) is 25.6. The first kappa shape index (κ1) is 13.9. The van der Waals surface area contributed by atoms with Gasteiger partial charge in [0.25, 0.3) is 0 Å². The minimum absolute atomic E-state index is 0.126. The summed E-state index contributed by atoms with van der Waals surface area (Å²) in [7, 11) is 0. The quantitative estimate of drug-likeness (QED) is 0.813. The van der Waals surface area contributed by atoms with Crippen molar-refractivity contribution in [2.24, 2.45) is 0 Å². The highest BCUT2D eigenvalue weighted by molar-refractivity contribution is 8.00. The van der Waals surface area contributed by atoms with Crippen LogP contribution in [0, 0.1) is 0 Å². The van der Waals surface area contributed by atoms with Crippen molar-refractivity contribution in [3.05, 3.63) is 23.1 Å². The first-order valence-electron chi connectivity index (χ1n) is 6.27. The Morgan fingerprint density at radius 2 is 2.32 bits per heavy atom. The first-order valence-corrected chi connectivity index (χ1v) is 7.15. The second-order valence-corrected chi connectivity index (χ2v) is 5.90. The lowest BCUT2D eigenvalue weighted by molar-refractivity contribution is -0.128. The molecule has 1 aliphatic rings. The number of H-pyrrole nitrogens is 1. The number of rotatable bonds is 5. The molecule has 0 radical (unpaired) electrons. The molecule has 0 bridgehead atoms. The predicted molar refractivity (Wildman–Crippen MR) is 74.2 cm³/mol. The molecular formula is C12H18N4O2S. The van der Waals surface area contributed by atoms with Crippen LogP contribution in [-0.4, -0.2) is 43.4 Å². The van der Waals surface area contributed by atoms with Crippen molar-refractivity contribution in [3.8, 4) is 0 Å². The summed E-state index contributed by atoms with van der Waals surface area (Å²) in [6.45, 7) is 8.79. The maximum atomic E-state index is 12.2. The molecule has 1 aliphatic heterocycles. The Labute approximate surface area is 115 Å². The summed E-state index contributed by atoms with van der Waals surface area (Å²) in [5.74, 6) is 0.126. The number of carbonyl (C=O) groups is 1. The van der Waals surface area contributed by atoms with Crippen LogP contribution in [0.25, 0.3) is 0 Å². The van der Waals surface area contributed by atoms with Gasteiger partial charge in [0, 0.05) is 19.1 Å². The third-order valence-electron chi connectivity index (χ3n) is 3.10. The standard InChI is InChI=1S/C12H18N4O2S/c1-4-6-16-11(18)13-14-12(16)19-9-5-7-15(8(2)3)10(9)17/h4,8-9H,1,5-7H2,2-3H3,(H,13,18)/t9-/m0/s1. The zero-order chi connectivity index (χ0) is 14.0. The Morgan fingerprint density at radius 3 is 2.89 bits per heavy atom. The van der Waals surface area contributed by atoms with Gasteiger partial charge in [0.1, 0.15) is 0 Å². The molecule has 1 aromatic heterocycles. The van der Waals surface area contributed by atoms with Crippen LogP contribution in [0.5, 0.6) is 0 Å². The lowest BCUT2D eigenvalue weighted by Crippen LogP contribution is -2.34. The highest BCUT2D eigenvalue weighted by Crippen LogP contribution is 2.29. The van der Waals surface area contributed by atoms with Crippen LogP contribution in [0.1, 0.15) is 20.3 Å². The SMILES string of the molecule is C=CCn1c(S[C@H]2CCN(C(C)C)C2=O)n[nH]c1=O. The van der Waals surface area contributed by atoms with Gasteiger partial charge in [-0.25, -0.2) is 9.89 Å². The van der Waals surface area contributed by atoms with E-state index in [0.717, 1.165) is 13.0 Å². The van der Waals surface area contributed by atoms with E-state index < -0.39 is 0 Å². The van der Waals surface area contributed by atoms with Gasteiger partial charge in [0.05, 0.1) is 5.25 Å². The van der Waals surface area contributed by atoms with Crippen molar-refractivity contribution in [2.75, 3.05) is 6.54 Å². The van der Waals surface area contributed by atoms with Crippen molar-refractivity contribution in [1.29, 1.82) is 0 Å². The summed E-state index contributed by atoms with van der Waals surface area (Å²) in [5, 5.41) is 6.78. The van der Waals surface area contributed by atoms with E-state index in [2.05, 4.69) is 16.8 Å². The molecule has 0 spiro atoms. The summed E-state index contributed by atoms with van der Waals surface area (Å²) >= 11 is 1.35. The number of aromatic amines is 1. The zero-order valence-corrected chi connectivity index (χ0v) is 11.9. The number of aromatic nitrogens is 3. The highest BCUT2D eigenvalue weighted by Gasteiger charge is 2.34. The number of likely N-dealkylation sites (tertiary alicyclic amines) is 1. The summed E-state index contributed by atoms with van der Waals surface area (Å²) in [5.41, 5.74) is -0.270. The van der Waals surface area contributed by atoms with E-state index >= 15 is 0 Å². The van der Waals surface area contributed by atoms with Crippen molar-refractivity contribution in [2.45, 2.75) is 43.3 Å². The molecule has 1 saturated heterocycles. The Kier molecular flexibility index (Phi) is 4.14. The van der Waals surface area contributed by atoms with E-state index in [-0.39, 0.29) is 22.9 Å². The first-order chi connectivity index (χ1) is 9.04. The van der Waals surface area contributed by atoms with Gasteiger partial charge in [0.15, 0.2) is 5.16 Å². The van der Waals surface area contributed by atoms with Gasteiger partial charge in [-0.15, -0.1) is 11.7 Å². The van der Waals surface area contributed by atoms with Gasteiger partial charge in [0.2, 0.25) is 5.91 Å². The molecule has 104 valence electrons. The number of nitrogens with zero attached hydrogens (tertiary/aromatic N) is 3. The van der Waals surface area contributed by atoms with Crippen molar-refractivity contribution in [3.63, 3.8) is 0 Å². The van der Waals surface area contributed by atoms with Crippen molar-refractivity contribution in [1.82, 2.24) is 19.7 Å². The Balaban J connectivity index is 2.12. The van der Waals surface area contributed by atoms with Gasteiger partial charge in [-0.1, -0.05) is 17.8 Å². The molecule has 0 aliphatic carbocycles. The largest absolute Gasteiger partial charge is 0.344 e. The number of thioether (sulfide) groups is 1. The molecule has 1 amide bonds. The zero-order valence-electron chi connectivity index (χ0n) is 11.1. The molecule has 1 atom stereocenters. The average molecular weight is 282 g/mol. The van der Waals surface area contributed by atoms with Crippen LogP contribution in [0.2, 0.25) is 0 Å². The molecule has 0 unspecified atom stereocenters. The van der Waals surface area contributed by atoms with E-state index in [0.29, 0.717) is 11.7 Å². The third kappa shape index (κ3) is 2.75.